The number of aromatic nitrogens is 5. The molecule has 3 aromatic heterocycles. The molecule has 1 aliphatic rings. The van der Waals surface area contributed by atoms with Crippen LogP contribution < -0.4 is 11.1 Å². The number of nitrogens with zero attached hydrogens (tertiary/aromatic N) is 6. The summed E-state index contributed by atoms with van der Waals surface area (Å²) in [5.41, 5.74) is 9.67. The van der Waals surface area contributed by atoms with Gasteiger partial charge in [-0.2, -0.15) is 5.10 Å². The molecular formula is C25H26N8O3. The summed E-state index contributed by atoms with van der Waals surface area (Å²) < 4.78 is 1.74. The third-order valence-corrected chi connectivity index (χ3v) is 6.32. The third kappa shape index (κ3) is 4.42. The summed E-state index contributed by atoms with van der Waals surface area (Å²) >= 11 is 0. The molecule has 1 aliphatic heterocycles. The molecule has 1 aromatic carbocycles. The lowest BCUT2D eigenvalue weighted by molar-refractivity contribution is 0.102. The summed E-state index contributed by atoms with van der Waals surface area (Å²) in [7, 11) is 0. The number of anilines is 2. The van der Waals surface area contributed by atoms with E-state index in [1.807, 2.05) is 12.1 Å². The number of pyridine rings is 1. The molecule has 1 atom stereocenters. The average Bonchev–Trinajstić information content (AvgIpc) is 3.51. The lowest BCUT2D eigenvalue weighted by atomic mass is 10.1. The van der Waals surface area contributed by atoms with Crippen LogP contribution in [0.3, 0.4) is 0 Å². The second-order valence-electron chi connectivity index (χ2n) is 8.75. The molecule has 11 heteroatoms. The highest BCUT2D eigenvalue weighted by Gasteiger charge is 2.30. The first-order chi connectivity index (χ1) is 17.4. The van der Waals surface area contributed by atoms with Crippen LogP contribution in [-0.2, 0) is 6.42 Å². The largest absolute Gasteiger partial charge is 0.465 e. The second kappa shape index (κ2) is 9.61. The Morgan fingerprint density at radius 2 is 1.97 bits per heavy atom. The third-order valence-electron chi connectivity index (χ3n) is 6.32. The summed E-state index contributed by atoms with van der Waals surface area (Å²) in [6.45, 7) is 2.85. The molecule has 11 nitrogen and oxygen atoms in total. The molecule has 0 radical (unpaired) electrons. The number of aryl methyl sites for hydroxylation is 1. The van der Waals surface area contributed by atoms with Crippen molar-refractivity contribution in [3.05, 3.63) is 60.0 Å². The molecule has 0 bridgehead atoms. The van der Waals surface area contributed by atoms with E-state index in [0.717, 1.165) is 24.0 Å². The summed E-state index contributed by atoms with van der Waals surface area (Å²) in [4.78, 5) is 38.3. The van der Waals surface area contributed by atoms with Crippen molar-refractivity contribution in [2.75, 3.05) is 24.1 Å². The van der Waals surface area contributed by atoms with Crippen LogP contribution in [0, 0.1) is 0 Å². The number of carboxylic acid groups (broad SMARTS) is 1. The number of hydrogen-bond donors (Lipinski definition) is 3. The Morgan fingerprint density at radius 3 is 2.69 bits per heavy atom. The van der Waals surface area contributed by atoms with Gasteiger partial charge in [0, 0.05) is 30.4 Å². The van der Waals surface area contributed by atoms with E-state index in [0.29, 0.717) is 47.6 Å². The van der Waals surface area contributed by atoms with Gasteiger partial charge in [0.05, 0.1) is 11.4 Å². The number of carbonyl (C=O) groups is 2. The Hall–Kier alpha value is -4.54. The second-order valence-corrected chi connectivity index (χ2v) is 8.75. The number of likely N-dealkylation sites (tertiary alicyclic amines) is 1. The number of benzene rings is 1. The van der Waals surface area contributed by atoms with Crippen molar-refractivity contribution in [3.8, 4) is 11.3 Å². The molecular weight excluding hydrogens is 460 g/mol. The van der Waals surface area contributed by atoms with Crippen LogP contribution in [0.1, 0.15) is 41.7 Å². The number of hydrogen-bond acceptors (Lipinski definition) is 7. The molecule has 0 spiro atoms. The van der Waals surface area contributed by atoms with E-state index in [2.05, 4.69) is 27.2 Å². The van der Waals surface area contributed by atoms with Crippen LogP contribution in [0.4, 0.5) is 16.4 Å². The Kier molecular flexibility index (Phi) is 6.19. The molecule has 184 valence electrons. The van der Waals surface area contributed by atoms with Crippen LogP contribution in [-0.4, -0.2) is 59.8 Å². The summed E-state index contributed by atoms with van der Waals surface area (Å²) in [6, 6.07) is 10.7. The van der Waals surface area contributed by atoms with Gasteiger partial charge in [0.15, 0.2) is 5.65 Å². The Morgan fingerprint density at radius 1 is 1.17 bits per heavy atom. The van der Waals surface area contributed by atoms with E-state index >= 15 is 0 Å². The topological polar surface area (TPSA) is 152 Å². The van der Waals surface area contributed by atoms with Crippen molar-refractivity contribution in [1.82, 2.24) is 29.6 Å². The lowest BCUT2D eigenvalue weighted by Gasteiger charge is -2.13. The van der Waals surface area contributed by atoms with E-state index < -0.39 is 6.09 Å². The number of fused-ring (bicyclic) bond motifs is 1. The highest BCUT2D eigenvalue weighted by atomic mass is 16.4. The van der Waals surface area contributed by atoms with Gasteiger partial charge in [-0.25, -0.2) is 24.4 Å². The van der Waals surface area contributed by atoms with Gasteiger partial charge in [0.25, 0.3) is 5.91 Å². The van der Waals surface area contributed by atoms with Crippen molar-refractivity contribution < 1.29 is 14.7 Å². The summed E-state index contributed by atoms with van der Waals surface area (Å²) in [5, 5.41) is 17.5. The van der Waals surface area contributed by atoms with Crippen molar-refractivity contribution in [1.29, 1.82) is 0 Å². The van der Waals surface area contributed by atoms with Crippen LogP contribution in [0.15, 0.2) is 48.9 Å². The Labute approximate surface area is 207 Å². The average molecular weight is 487 g/mol. The predicted molar refractivity (Wildman–Crippen MR) is 135 cm³/mol. The maximum absolute atomic E-state index is 12.8. The monoisotopic (exact) mass is 486 g/mol. The fraction of sp³-hybridized carbons (Fsp3) is 0.280. The molecule has 2 amide bonds. The minimum absolute atomic E-state index is 0.160. The zero-order valence-electron chi connectivity index (χ0n) is 19.8. The zero-order valence-corrected chi connectivity index (χ0v) is 19.8. The van der Waals surface area contributed by atoms with Crippen molar-refractivity contribution >= 4 is 34.7 Å². The predicted octanol–water partition coefficient (Wildman–Crippen LogP) is 3.60. The zero-order chi connectivity index (χ0) is 25.2. The number of rotatable bonds is 6. The molecule has 1 fully saturated rings. The molecule has 1 saturated heterocycles. The van der Waals surface area contributed by atoms with Crippen LogP contribution in [0.5, 0.6) is 0 Å². The van der Waals surface area contributed by atoms with E-state index in [1.54, 1.807) is 35.1 Å². The first-order valence-electron chi connectivity index (χ1n) is 11.8. The summed E-state index contributed by atoms with van der Waals surface area (Å²) in [5.74, 6) is 0.534. The van der Waals surface area contributed by atoms with E-state index in [9.17, 15) is 14.7 Å². The van der Waals surface area contributed by atoms with Gasteiger partial charge in [-0.3, -0.25) is 4.79 Å². The molecule has 5 rings (SSSR count). The number of nitrogens with one attached hydrogen (secondary N) is 1. The van der Waals surface area contributed by atoms with Gasteiger partial charge in [0.2, 0.25) is 0 Å². The SMILES string of the molecule is CCCc1ccnc(NC(=O)c2ccc(-c3nn(C4CCN(C(=O)O)C4)c4ncnc(N)c34)cc2)c1. The van der Waals surface area contributed by atoms with Gasteiger partial charge < -0.3 is 21.1 Å². The van der Waals surface area contributed by atoms with Crippen LogP contribution >= 0.6 is 0 Å². The van der Waals surface area contributed by atoms with Crippen LogP contribution in [0.2, 0.25) is 0 Å². The molecule has 4 N–H and O–H groups in total. The highest BCUT2D eigenvalue weighted by Crippen LogP contribution is 2.34. The fourth-order valence-corrected chi connectivity index (χ4v) is 4.52. The first-order valence-corrected chi connectivity index (χ1v) is 11.8. The Balaban J connectivity index is 1.42. The number of nitrogen functional groups attached to an aromatic ring is 1. The minimum Gasteiger partial charge on any atom is -0.465 e. The van der Waals surface area contributed by atoms with Crippen molar-refractivity contribution in [2.24, 2.45) is 0 Å². The van der Waals surface area contributed by atoms with Gasteiger partial charge in [0.1, 0.15) is 23.7 Å². The lowest BCUT2D eigenvalue weighted by Crippen LogP contribution is -2.27. The van der Waals surface area contributed by atoms with E-state index in [1.165, 1.54) is 11.2 Å². The van der Waals surface area contributed by atoms with Gasteiger partial charge in [-0.1, -0.05) is 25.5 Å². The molecule has 1 unspecified atom stereocenters. The maximum atomic E-state index is 12.8. The van der Waals surface area contributed by atoms with Crippen molar-refractivity contribution in [2.45, 2.75) is 32.2 Å². The number of carbonyl (C=O) groups excluding carboxylic acids is 1. The van der Waals surface area contributed by atoms with Crippen molar-refractivity contribution in [3.63, 3.8) is 0 Å². The highest BCUT2D eigenvalue weighted by molar-refractivity contribution is 6.04. The quantitative estimate of drug-likeness (QED) is 0.374. The van der Waals surface area contributed by atoms with E-state index in [4.69, 9.17) is 10.8 Å². The number of nitrogens with two attached hydrogens (primary N) is 1. The van der Waals surface area contributed by atoms with Crippen LogP contribution in [0.25, 0.3) is 22.3 Å². The molecule has 0 saturated carbocycles. The Bertz CT molecular complexity index is 1430. The first kappa shape index (κ1) is 23.2. The molecule has 4 aromatic rings. The molecule has 36 heavy (non-hydrogen) atoms. The smallest absolute Gasteiger partial charge is 0.407 e. The molecule has 0 aliphatic carbocycles. The standard InChI is InChI=1S/C25H26N8O3/c1-2-3-15-8-10-27-19(12-15)30-24(34)17-6-4-16(5-7-17)21-20-22(26)28-14-29-23(20)33(31-21)18-9-11-32(13-18)25(35)36/h4-8,10,12,14,18H,2-3,9,11,13H2,1H3,(H,35,36)(H2,26,28,29)(H,27,30,34). The molecule has 4 heterocycles. The normalized spacial score (nSPS) is 15.4. The van der Waals surface area contributed by atoms with Gasteiger partial charge in [-0.15, -0.1) is 0 Å². The van der Waals surface area contributed by atoms with E-state index in [-0.39, 0.29) is 17.8 Å². The fourth-order valence-electron chi connectivity index (χ4n) is 4.52. The van der Waals surface area contributed by atoms with Gasteiger partial charge in [-0.05, 0) is 42.7 Å². The summed E-state index contributed by atoms with van der Waals surface area (Å²) in [6.07, 6.45) is 4.67. The number of amides is 2. The van der Waals surface area contributed by atoms with Gasteiger partial charge >= 0.3 is 6.09 Å². The maximum Gasteiger partial charge on any atom is 0.407 e. The minimum atomic E-state index is -0.954.